The summed E-state index contributed by atoms with van der Waals surface area (Å²) < 4.78 is 4.58. The van der Waals surface area contributed by atoms with Gasteiger partial charge in [0.15, 0.2) is 0 Å². The van der Waals surface area contributed by atoms with E-state index >= 15 is 0 Å². The fraction of sp³-hybridized carbons (Fsp3) is 0.176. The van der Waals surface area contributed by atoms with Crippen LogP contribution in [0.25, 0.3) is 0 Å². The molecule has 21 heavy (non-hydrogen) atoms. The minimum Gasteiger partial charge on any atom is -0.468 e. The molecule has 0 aliphatic rings. The number of hydrogen-bond acceptors (Lipinski definition) is 4. The molecular formula is C17H16O3S. The lowest BCUT2D eigenvalue weighted by Gasteiger charge is -2.16. The summed E-state index contributed by atoms with van der Waals surface area (Å²) in [5.41, 5.74) is 1.84. The van der Waals surface area contributed by atoms with Gasteiger partial charge in [-0.15, -0.1) is 0 Å². The maximum Gasteiger partial charge on any atom is 0.316 e. The lowest BCUT2D eigenvalue weighted by molar-refractivity contribution is -0.137. The fourth-order valence-electron chi connectivity index (χ4n) is 2.03. The fourth-order valence-corrected chi connectivity index (χ4v) is 2.84. The highest BCUT2D eigenvalue weighted by molar-refractivity contribution is 8.14. The van der Waals surface area contributed by atoms with Crippen molar-refractivity contribution in [2.75, 3.05) is 12.9 Å². The summed E-state index contributed by atoms with van der Waals surface area (Å²) in [5.74, 6) is -0.735. The van der Waals surface area contributed by atoms with Gasteiger partial charge in [0.1, 0.15) is 0 Å². The first-order valence-electron chi connectivity index (χ1n) is 6.55. The summed E-state index contributed by atoms with van der Waals surface area (Å²) in [4.78, 5) is 23.7. The number of thioether (sulfide) groups is 1. The van der Waals surface area contributed by atoms with Crippen molar-refractivity contribution in [2.24, 2.45) is 0 Å². The van der Waals surface area contributed by atoms with Gasteiger partial charge in [-0.05, 0) is 11.1 Å². The second kappa shape index (κ2) is 7.64. The molecule has 0 amide bonds. The number of ether oxygens (including phenoxy) is 1. The van der Waals surface area contributed by atoms with Crippen LogP contribution >= 0.6 is 11.8 Å². The van der Waals surface area contributed by atoms with Crippen LogP contribution in [0.3, 0.4) is 0 Å². The number of carbonyl (C=O) groups excluding carboxylic acids is 2. The highest BCUT2D eigenvalue weighted by Gasteiger charge is 2.23. The van der Waals surface area contributed by atoms with Crippen molar-refractivity contribution in [3.8, 4) is 0 Å². The predicted octanol–water partition coefficient (Wildman–Crippen LogP) is 3.25. The van der Waals surface area contributed by atoms with E-state index < -0.39 is 5.97 Å². The molecule has 0 saturated carbocycles. The lowest BCUT2D eigenvalue weighted by atomic mass is 9.92. The summed E-state index contributed by atoms with van der Waals surface area (Å²) in [6, 6.07) is 19.2. The second-order valence-corrected chi connectivity index (χ2v) is 5.42. The summed E-state index contributed by atoms with van der Waals surface area (Å²) in [6.07, 6.45) is 0. The first-order valence-corrected chi connectivity index (χ1v) is 7.54. The van der Waals surface area contributed by atoms with Crippen molar-refractivity contribution in [2.45, 2.75) is 5.92 Å². The molecule has 0 atom stereocenters. The zero-order valence-electron chi connectivity index (χ0n) is 11.7. The molecule has 0 aliphatic carbocycles. The Morgan fingerprint density at radius 3 is 1.86 bits per heavy atom. The average molecular weight is 300 g/mol. The Morgan fingerprint density at radius 1 is 0.952 bits per heavy atom. The standard InChI is InChI=1S/C17H16O3S/c1-20-15(18)12-21-17(19)16(13-8-4-2-5-9-13)14-10-6-3-7-11-14/h2-11,16H,12H2,1H3. The van der Waals surface area contributed by atoms with Gasteiger partial charge in [0, 0.05) is 0 Å². The molecular weight excluding hydrogens is 284 g/mol. The number of benzene rings is 2. The highest BCUT2D eigenvalue weighted by atomic mass is 32.2. The van der Waals surface area contributed by atoms with Crippen molar-refractivity contribution in [3.63, 3.8) is 0 Å². The number of rotatable bonds is 5. The van der Waals surface area contributed by atoms with Gasteiger partial charge in [0.05, 0.1) is 18.8 Å². The minimum atomic E-state index is -0.395. The zero-order chi connectivity index (χ0) is 15.1. The molecule has 0 aromatic heterocycles. The topological polar surface area (TPSA) is 43.4 Å². The molecule has 3 nitrogen and oxygen atoms in total. The molecule has 2 aromatic rings. The second-order valence-electron chi connectivity index (χ2n) is 4.44. The first-order chi connectivity index (χ1) is 10.2. The zero-order valence-corrected chi connectivity index (χ0v) is 12.5. The van der Waals surface area contributed by atoms with Crippen molar-refractivity contribution in [3.05, 3.63) is 71.8 Å². The molecule has 0 spiro atoms. The van der Waals surface area contributed by atoms with Gasteiger partial charge in [-0.2, -0.15) is 0 Å². The molecule has 0 bridgehead atoms. The predicted molar refractivity (Wildman–Crippen MR) is 84.2 cm³/mol. The van der Waals surface area contributed by atoms with E-state index in [1.54, 1.807) is 0 Å². The highest BCUT2D eigenvalue weighted by Crippen LogP contribution is 2.29. The van der Waals surface area contributed by atoms with Gasteiger partial charge in [-0.1, -0.05) is 72.4 Å². The van der Waals surface area contributed by atoms with Gasteiger partial charge >= 0.3 is 5.97 Å². The van der Waals surface area contributed by atoms with Crippen molar-refractivity contribution < 1.29 is 14.3 Å². The molecule has 0 saturated heterocycles. The van der Waals surface area contributed by atoms with E-state index in [1.165, 1.54) is 7.11 Å². The van der Waals surface area contributed by atoms with E-state index in [-0.39, 0.29) is 16.8 Å². The van der Waals surface area contributed by atoms with E-state index in [1.807, 2.05) is 60.7 Å². The normalized spacial score (nSPS) is 10.4. The molecule has 0 N–H and O–H groups in total. The maximum absolute atomic E-state index is 12.5. The number of methoxy groups -OCH3 is 1. The lowest BCUT2D eigenvalue weighted by Crippen LogP contribution is -2.14. The van der Waals surface area contributed by atoms with Crippen LogP contribution in [0.1, 0.15) is 17.0 Å². The van der Waals surface area contributed by atoms with Crippen LogP contribution in [-0.4, -0.2) is 23.9 Å². The largest absolute Gasteiger partial charge is 0.468 e. The Labute approximate surface area is 128 Å². The van der Waals surface area contributed by atoms with Gasteiger partial charge in [0.2, 0.25) is 5.12 Å². The van der Waals surface area contributed by atoms with Crippen LogP contribution in [0.2, 0.25) is 0 Å². The van der Waals surface area contributed by atoms with Gasteiger partial charge < -0.3 is 4.74 Å². The Kier molecular flexibility index (Phi) is 5.58. The molecule has 0 heterocycles. The van der Waals surface area contributed by atoms with Crippen molar-refractivity contribution in [1.82, 2.24) is 0 Å². The average Bonchev–Trinajstić information content (AvgIpc) is 2.55. The smallest absolute Gasteiger partial charge is 0.316 e. The Balaban J connectivity index is 2.25. The number of hydrogen-bond donors (Lipinski definition) is 0. The maximum atomic E-state index is 12.5. The van der Waals surface area contributed by atoms with Crippen LogP contribution in [0, 0.1) is 0 Å². The van der Waals surface area contributed by atoms with Gasteiger partial charge in [-0.25, -0.2) is 0 Å². The van der Waals surface area contributed by atoms with E-state index in [0.717, 1.165) is 22.9 Å². The molecule has 4 heteroatoms. The number of carbonyl (C=O) groups is 2. The molecule has 0 fully saturated rings. The quantitative estimate of drug-likeness (QED) is 0.795. The van der Waals surface area contributed by atoms with E-state index in [4.69, 9.17) is 0 Å². The third kappa shape index (κ3) is 4.20. The number of esters is 1. The summed E-state index contributed by atoms with van der Waals surface area (Å²) in [7, 11) is 1.32. The van der Waals surface area contributed by atoms with Crippen molar-refractivity contribution in [1.29, 1.82) is 0 Å². The molecule has 0 unspecified atom stereocenters. The van der Waals surface area contributed by atoms with E-state index in [0.29, 0.717) is 0 Å². The minimum absolute atomic E-state index is 0.0332. The van der Waals surface area contributed by atoms with Crippen molar-refractivity contribution >= 4 is 22.8 Å². The molecule has 108 valence electrons. The summed E-state index contributed by atoms with van der Waals surface area (Å²) in [6.45, 7) is 0. The third-order valence-electron chi connectivity index (χ3n) is 3.06. The van der Waals surface area contributed by atoms with Crippen LogP contribution in [-0.2, 0) is 14.3 Å². The van der Waals surface area contributed by atoms with Crippen LogP contribution in [0.4, 0.5) is 0 Å². The third-order valence-corrected chi connectivity index (χ3v) is 3.96. The molecule has 2 aromatic carbocycles. The SMILES string of the molecule is COC(=O)CSC(=O)C(c1ccccc1)c1ccccc1. The van der Waals surface area contributed by atoms with Crippen LogP contribution in [0.15, 0.2) is 60.7 Å². The van der Waals surface area contributed by atoms with Gasteiger partial charge in [0.25, 0.3) is 0 Å². The molecule has 0 aliphatic heterocycles. The molecule has 2 rings (SSSR count). The summed E-state index contributed by atoms with van der Waals surface area (Å²) in [5, 5.41) is -0.0576. The van der Waals surface area contributed by atoms with Gasteiger partial charge in [-0.3, -0.25) is 9.59 Å². The Bertz CT molecular complexity index is 556. The van der Waals surface area contributed by atoms with Crippen LogP contribution in [0.5, 0.6) is 0 Å². The Hall–Kier alpha value is -2.07. The van der Waals surface area contributed by atoms with E-state index in [9.17, 15) is 9.59 Å². The molecule has 0 radical (unpaired) electrons. The van der Waals surface area contributed by atoms with Crippen LogP contribution < -0.4 is 0 Å². The van der Waals surface area contributed by atoms with E-state index in [2.05, 4.69) is 4.74 Å². The Morgan fingerprint density at radius 2 is 1.43 bits per heavy atom. The summed E-state index contributed by atoms with van der Waals surface area (Å²) >= 11 is 0.993. The monoisotopic (exact) mass is 300 g/mol. The first kappa shape index (κ1) is 15.3.